The van der Waals surface area contributed by atoms with Crippen molar-refractivity contribution in [3.05, 3.63) is 119 Å². The van der Waals surface area contributed by atoms with E-state index in [0.717, 1.165) is 45.5 Å². The molecule has 5 nitrogen and oxygen atoms in total. The number of rotatable bonds is 5. The van der Waals surface area contributed by atoms with E-state index >= 15 is 0 Å². The molecule has 0 amide bonds. The first-order valence-electron chi connectivity index (χ1n) is 12.7. The van der Waals surface area contributed by atoms with Gasteiger partial charge in [-0.3, -0.25) is 0 Å². The normalized spacial score (nSPS) is 15.1. The monoisotopic (exact) mass is 517 g/mol. The molecule has 6 heteroatoms. The summed E-state index contributed by atoms with van der Waals surface area (Å²) in [5.41, 5.74) is 8.33. The van der Waals surface area contributed by atoms with Crippen LogP contribution in [-0.2, 0) is 0 Å². The van der Waals surface area contributed by atoms with Crippen LogP contribution in [0.25, 0.3) is 22.2 Å². The van der Waals surface area contributed by atoms with Crippen molar-refractivity contribution in [2.75, 3.05) is 24.0 Å². The number of anilines is 2. The molecule has 6 rings (SSSR count). The Bertz CT molecular complexity index is 1640. The van der Waals surface area contributed by atoms with Gasteiger partial charge in [0.2, 0.25) is 5.95 Å². The van der Waals surface area contributed by atoms with Crippen LogP contribution >= 0.6 is 11.6 Å². The van der Waals surface area contributed by atoms with Gasteiger partial charge in [-0.05, 0) is 48.4 Å². The van der Waals surface area contributed by atoms with Crippen molar-refractivity contribution in [1.29, 1.82) is 0 Å². The number of fused-ring (bicyclic) bond motifs is 1. The molecule has 1 atom stereocenters. The maximum atomic E-state index is 6.41. The minimum atomic E-state index is -0.0335. The number of benzene rings is 4. The zero-order chi connectivity index (χ0) is 26.2. The SMILES string of the molecule is Cc1ccc([C@H]2CC(c3cccc(N(C)C)c3)=NN2c2nc(-c3ccccc3)c3ccc(Cl)cc3n2)cc1. The van der Waals surface area contributed by atoms with Crippen molar-refractivity contribution in [3.8, 4) is 11.3 Å². The Morgan fingerprint density at radius 2 is 1.58 bits per heavy atom. The van der Waals surface area contributed by atoms with Gasteiger partial charge >= 0.3 is 0 Å². The maximum absolute atomic E-state index is 6.41. The van der Waals surface area contributed by atoms with Crippen molar-refractivity contribution in [2.45, 2.75) is 19.4 Å². The smallest absolute Gasteiger partial charge is 0.247 e. The van der Waals surface area contributed by atoms with Gasteiger partial charge in [0.15, 0.2) is 0 Å². The molecule has 4 aromatic carbocycles. The van der Waals surface area contributed by atoms with Crippen LogP contribution in [0.3, 0.4) is 0 Å². The Morgan fingerprint density at radius 3 is 2.34 bits per heavy atom. The molecule has 188 valence electrons. The molecule has 0 N–H and O–H groups in total. The third-order valence-electron chi connectivity index (χ3n) is 6.97. The average molecular weight is 518 g/mol. The van der Waals surface area contributed by atoms with E-state index in [0.29, 0.717) is 11.0 Å². The number of aromatic nitrogens is 2. The topological polar surface area (TPSA) is 44.6 Å². The molecule has 1 aliphatic rings. The van der Waals surface area contributed by atoms with Crippen molar-refractivity contribution >= 4 is 39.9 Å². The number of hydrazone groups is 1. The number of aryl methyl sites for hydroxylation is 1. The van der Waals surface area contributed by atoms with E-state index in [4.69, 9.17) is 26.7 Å². The fourth-order valence-electron chi connectivity index (χ4n) is 4.89. The maximum Gasteiger partial charge on any atom is 0.247 e. The number of hydrogen-bond donors (Lipinski definition) is 0. The van der Waals surface area contributed by atoms with Crippen LogP contribution < -0.4 is 9.91 Å². The second-order valence-electron chi connectivity index (χ2n) is 9.87. The van der Waals surface area contributed by atoms with Gasteiger partial charge in [-0.2, -0.15) is 5.10 Å². The summed E-state index contributed by atoms with van der Waals surface area (Å²) in [6, 6.07) is 33.1. The minimum absolute atomic E-state index is 0.0335. The van der Waals surface area contributed by atoms with Crippen molar-refractivity contribution < 1.29 is 0 Å². The predicted molar refractivity (Wildman–Crippen MR) is 158 cm³/mol. The van der Waals surface area contributed by atoms with Gasteiger partial charge in [-0.1, -0.05) is 83.9 Å². The average Bonchev–Trinajstić information content (AvgIpc) is 3.39. The molecule has 0 fully saturated rings. The molecular weight excluding hydrogens is 490 g/mol. The molecule has 38 heavy (non-hydrogen) atoms. The highest BCUT2D eigenvalue weighted by Gasteiger charge is 2.32. The summed E-state index contributed by atoms with van der Waals surface area (Å²) in [4.78, 5) is 12.2. The van der Waals surface area contributed by atoms with Gasteiger partial charge in [0.25, 0.3) is 0 Å². The Kier molecular flexibility index (Phi) is 6.30. The molecule has 5 aromatic rings. The molecule has 1 aromatic heterocycles. The van der Waals surface area contributed by atoms with E-state index in [1.807, 2.05) is 41.4 Å². The molecule has 0 radical (unpaired) electrons. The van der Waals surface area contributed by atoms with E-state index in [9.17, 15) is 0 Å². The van der Waals surface area contributed by atoms with E-state index in [-0.39, 0.29) is 6.04 Å². The highest BCUT2D eigenvalue weighted by molar-refractivity contribution is 6.31. The quantitative estimate of drug-likeness (QED) is 0.240. The molecule has 2 heterocycles. The lowest BCUT2D eigenvalue weighted by Crippen LogP contribution is -2.21. The van der Waals surface area contributed by atoms with Crippen LogP contribution in [0.15, 0.2) is 102 Å². The summed E-state index contributed by atoms with van der Waals surface area (Å²) in [6.45, 7) is 2.10. The Morgan fingerprint density at radius 1 is 0.816 bits per heavy atom. The van der Waals surface area contributed by atoms with Crippen LogP contribution in [-0.4, -0.2) is 29.8 Å². The van der Waals surface area contributed by atoms with Crippen molar-refractivity contribution in [2.24, 2.45) is 5.10 Å². The lowest BCUT2D eigenvalue weighted by Gasteiger charge is -2.23. The summed E-state index contributed by atoms with van der Waals surface area (Å²) in [7, 11) is 4.10. The van der Waals surface area contributed by atoms with Crippen LogP contribution in [0, 0.1) is 6.92 Å². The third-order valence-corrected chi connectivity index (χ3v) is 7.20. The molecular formula is C32H28ClN5. The summed E-state index contributed by atoms with van der Waals surface area (Å²) in [5.74, 6) is 0.558. The van der Waals surface area contributed by atoms with E-state index < -0.39 is 0 Å². The predicted octanol–water partition coefficient (Wildman–Crippen LogP) is 7.68. The third kappa shape index (κ3) is 4.61. The van der Waals surface area contributed by atoms with Crippen LogP contribution in [0.1, 0.15) is 29.2 Å². The Labute approximate surface area is 228 Å². The fraction of sp³-hybridized carbons (Fsp3) is 0.156. The molecule has 0 aliphatic carbocycles. The van der Waals surface area contributed by atoms with Gasteiger partial charge in [0.05, 0.1) is 23.0 Å². The number of hydrogen-bond acceptors (Lipinski definition) is 5. The second-order valence-corrected chi connectivity index (χ2v) is 10.3. The van der Waals surface area contributed by atoms with E-state index in [1.54, 1.807) is 0 Å². The first-order chi connectivity index (χ1) is 18.5. The number of halogens is 1. The van der Waals surface area contributed by atoms with Gasteiger partial charge < -0.3 is 4.90 Å². The summed E-state index contributed by atoms with van der Waals surface area (Å²) in [6.07, 6.45) is 0.748. The molecule has 0 saturated heterocycles. The first kappa shape index (κ1) is 24.1. The summed E-state index contributed by atoms with van der Waals surface area (Å²) >= 11 is 6.41. The highest BCUT2D eigenvalue weighted by atomic mass is 35.5. The van der Waals surface area contributed by atoms with Crippen molar-refractivity contribution in [1.82, 2.24) is 9.97 Å². The van der Waals surface area contributed by atoms with Crippen molar-refractivity contribution in [3.63, 3.8) is 0 Å². The minimum Gasteiger partial charge on any atom is -0.378 e. The zero-order valence-electron chi connectivity index (χ0n) is 21.6. The lowest BCUT2D eigenvalue weighted by atomic mass is 9.97. The Hall–Kier alpha value is -4.22. The lowest BCUT2D eigenvalue weighted by molar-refractivity contribution is 0.689. The summed E-state index contributed by atoms with van der Waals surface area (Å²) < 4.78 is 0. The zero-order valence-corrected chi connectivity index (χ0v) is 22.4. The van der Waals surface area contributed by atoms with Crippen LogP contribution in [0.5, 0.6) is 0 Å². The molecule has 0 saturated carbocycles. The van der Waals surface area contributed by atoms with Crippen LogP contribution in [0.4, 0.5) is 11.6 Å². The van der Waals surface area contributed by atoms with Gasteiger partial charge in [0.1, 0.15) is 0 Å². The number of nitrogens with zero attached hydrogens (tertiary/aromatic N) is 5. The van der Waals surface area contributed by atoms with Gasteiger partial charge in [-0.25, -0.2) is 15.0 Å². The molecule has 1 aliphatic heterocycles. The summed E-state index contributed by atoms with van der Waals surface area (Å²) in [5, 5.41) is 8.73. The fourth-order valence-corrected chi connectivity index (χ4v) is 5.06. The van der Waals surface area contributed by atoms with E-state index in [2.05, 4.69) is 86.6 Å². The largest absolute Gasteiger partial charge is 0.378 e. The second kappa shape index (κ2) is 9.92. The molecule has 0 bridgehead atoms. The van der Waals surface area contributed by atoms with E-state index in [1.165, 1.54) is 11.1 Å². The molecule has 0 spiro atoms. The Balaban J connectivity index is 1.53. The highest BCUT2D eigenvalue weighted by Crippen LogP contribution is 2.38. The first-order valence-corrected chi connectivity index (χ1v) is 13.1. The molecule has 0 unspecified atom stereocenters. The standard InChI is InChI=1S/C32H28ClN5/c1-21-12-14-22(15-13-21)30-20-28(24-10-7-11-26(18-24)37(2)3)36-38(30)32-34-29-19-25(33)16-17-27(29)31(35-32)23-8-5-4-6-9-23/h4-19,30H,20H2,1-3H3/t30-/m1/s1. The van der Waals surface area contributed by atoms with Crippen LogP contribution in [0.2, 0.25) is 5.02 Å². The van der Waals surface area contributed by atoms with Gasteiger partial charge in [0, 0.05) is 42.2 Å². The van der Waals surface area contributed by atoms with Gasteiger partial charge in [-0.15, -0.1) is 0 Å².